The molecule has 2 aliphatic rings. The number of hydrogen-bond acceptors (Lipinski definition) is 5. The maximum atomic E-state index is 9.50. The van der Waals surface area contributed by atoms with Crippen molar-refractivity contribution in [2.75, 3.05) is 5.32 Å². The molecule has 6 nitrogen and oxygen atoms in total. The summed E-state index contributed by atoms with van der Waals surface area (Å²) in [5.74, 6) is 3.71. The van der Waals surface area contributed by atoms with Gasteiger partial charge in [0.2, 0.25) is 0 Å². The maximum absolute atomic E-state index is 9.50. The Morgan fingerprint density at radius 3 is 2.65 bits per heavy atom. The largest absolute Gasteiger partial charge is 0.508 e. The number of benzene rings is 1. The number of phenolic OH excluding ortho intramolecular Hbond substituents is 1. The van der Waals surface area contributed by atoms with E-state index in [2.05, 4.69) is 22.4 Å². The van der Waals surface area contributed by atoms with Crippen LogP contribution in [-0.2, 0) is 0 Å². The van der Waals surface area contributed by atoms with Crippen LogP contribution in [0.2, 0.25) is 0 Å². The lowest BCUT2D eigenvalue weighted by atomic mass is 9.95. The van der Waals surface area contributed by atoms with E-state index in [0.717, 1.165) is 34.7 Å². The molecular weight excluding hydrogens is 326 g/mol. The smallest absolute Gasteiger partial charge is 0.178 e. The van der Waals surface area contributed by atoms with Gasteiger partial charge in [0, 0.05) is 12.0 Å². The number of aromatic hydroxyl groups is 1. The molecule has 0 spiro atoms. The summed E-state index contributed by atoms with van der Waals surface area (Å²) in [6, 6.07) is 11.8. The van der Waals surface area contributed by atoms with E-state index in [0.29, 0.717) is 6.04 Å². The summed E-state index contributed by atoms with van der Waals surface area (Å²) in [6.07, 6.45) is 5.38. The molecule has 26 heavy (non-hydrogen) atoms. The van der Waals surface area contributed by atoms with Gasteiger partial charge in [0.1, 0.15) is 11.6 Å². The summed E-state index contributed by atoms with van der Waals surface area (Å²) in [4.78, 5) is 0. The third kappa shape index (κ3) is 2.60. The number of fused-ring (bicyclic) bond motifs is 3. The van der Waals surface area contributed by atoms with Crippen LogP contribution in [-0.4, -0.2) is 31.0 Å². The standard InChI is InChI=1S/C20H23N5O/c1-12(14-4-6-16(26)7-5-14)20-23-22-19-9-8-18(24-25(19)20)21-17-11-13-2-3-15(17)10-13/h4-9,12-13,15,17,26H,2-3,10-11H2,1H3,(H,21,24)/t12-,13?,15?,17?/m0/s1. The lowest BCUT2D eigenvalue weighted by molar-refractivity contribution is 0.438. The SMILES string of the molecule is C[C@@H](c1ccc(O)cc1)c1nnc2ccc(NC3CC4CCC3C4)nn12. The minimum Gasteiger partial charge on any atom is -0.508 e. The number of rotatable bonds is 4. The fourth-order valence-corrected chi connectivity index (χ4v) is 4.68. The summed E-state index contributed by atoms with van der Waals surface area (Å²) >= 11 is 0. The normalized spacial score (nSPS) is 25.7. The number of aromatic nitrogens is 4. The number of hydrogen-bond donors (Lipinski definition) is 2. The molecule has 0 radical (unpaired) electrons. The van der Waals surface area contributed by atoms with Gasteiger partial charge in [-0.05, 0) is 60.9 Å². The van der Waals surface area contributed by atoms with Crippen LogP contribution in [0.5, 0.6) is 5.75 Å². The number of anilines is 1. The Bertz CT molecular complexity index is 935. The van der Waals surface area contributed by atoms with Gasteiger partial charge < -0.3 is 10.4 Å². The molecule has 5 rings (SSSR count). The number of phenols is 1. The van der Waals surface area contributed by atoms with E-state index >= 15 is 0 Å². The second-order valence-electron chi connectivity index (χ2n) is 7.79. The molecular formula is C20H23N5O. The van der Waals surface area contributed by atoms with Crippen molar-refractivity contribution in [1.29, 1.82) is 0 Å². The Kier molecular flexibility index (Phi) is 3.58. The Morgan fingerprint density at radius 1 is 1.08 bits per heavy atom. The van der Waals surface area contributed by atoms with Gasteiger partial charge in [0.15, 0.2) is 11.5 Å². The van der Waals surface area contributed by atoms with Crippen molar-refractivity contribution in [2.24, 2.45) is 11.8 Å². The fourth-order valence-electron chi connectivity index (χ4n) is 4.68. The van der Waals surface area contributed by atoms with Crippen molar-refractivity contribution in [1.82, 2.24) is 19.8 Å². The summed E-state index contributed by atoms with van der Waals surface area (Å²) < 4.78 is 1.84. The first-order valence-electron chi connectivity index (χ1n) is 9.45. The zero-order valence-corrected chi connectivity index (χ0v) is 14.8. The predicted molar refractivity (Wildman–Crippen MR) is 99.3 cm³/mol. The molecule has 3 aromatic rings. The summed E-state index contributed by atoms with van der Waals surface area (Å²) in [7, 11) is 0. The van der Waals surface area contributed by atoms with Crippen LogP contribution >= 0.6 is 0 Å². The van der Waals surface area contributed by atoms with Crippen LogP contribution in [0.25, 0.3) is 5.65 Å². The Labute approximate surface area is 152 Å². The molecule has 2 aliphatic carbocycles. The second kappa shape index (κ2) is 5.97. The lowest BCUT2D eigenvalue weighted by Gasteiger charge is -2.23. The zero-order chi connectivity index (χ0) is 17.7. The maximum Gasteiger partial charge on any atom is 0.178 e. The Morgan fingerprint density at radius 2 is 1.92 bits per heavy atom. The second-order valence-corrected chi connectivity index (χ2v) is 7.79. The van der Waals surface area contributed by atoms with Gasteiger partial charge in [-0.3, -0.25) is 0 Å². The molecule has 0 saturated heterocycles. The molecule has 2 aromatic heterocycles. The molecule has 6 heteroatoms. The summed E-state index contributed by atoms with van der Waals surface area (Å²) in [5.41, 5.74) is 1.83. The van der Waals surface area contributed by atoms with Gasteiger partial charge in [-0.2, -0.15) is 4.52 Å². The van der Waals surface area contributed by atoms with Crippen molar-refractivity contribution in [3.63, 3.8) is 0 Å². The topological polar surface area (TPSA) is 75.3 Å². The number of nitrogens with one attached hydrogen (secondary N) is 1. The molecule has 0 aliphatic heterocycles. The van der Waals surface area contributed by atoms with Crippen LogP contribution < -0.4 is 5.32 Å². The minimum atomic E-state index is 0.0378. The lowest BCUT2D eigenvalue weighted by Crippen LogP contribution is -2.26. The molecule has 2 fully saturated rings. The highest BCUT2D eigenvalue weighted by Crippen LogP contribution is 2.45. The highest BCUT2D eigenvalue weighted by molar-refractivity contribution is 5.46. The predicted octanol–water partition coefficient (Wildman–Crippen LogP) is 3.58. The van der Waals surface area contributed by atoms with Gasteiger partial charge >= 0.3 is 0 Å². The first-order valence-corrected chi connectivity index (χ1v) is 9.45. The minimum absolute atomic E-state index is 0.0378. The molecule has 134 valence electrons. The summed E-state index contributed by atoms with van der Waals surface area (Å²) in [6.45, 7) is 2.08. The molecule has 0 amide bonds. The van der Waals surface area contributed by atoms with Crippen molar-refractivity contribution in [3.8, 4) is 5.75 Å². The third-order valence-corrected chi connectivity index (χ3v) is 6.14. The highest BCUT2D eigenvalue weighted by Gasteiger charge is 2.39. The van der Waals surface area contributed by atoms with Gasteiger partial charge in [-0.15, -0.1) is 15.3 Å². The Hall–Kier alpha value is -2.63. The van der Waals surface area contributed by atoms with E-state index < -0.39 is 0 Å². The van der Waals surface area contributed by atoms with E-state index in [1.807, 2.05) is 28.8 Å². The average molecular weight is 349 g/mol. The Balaban J connectivity index is 1.44. The molecule has 2 saturated carbocycles. The zero-order valence-electron chi connectivity index (χ0n) is 14.8. The van der Waals surface area contributed by atoms with Crippen LogP contribution in [0.3, 0.4) is 0 Å². The average Bonchev–Trinajstić information content (AvgIpc) is 3.37. The third-order valence-electron chi connectivity index (χ3n) is 6.14. The molecule has 2 bridgehead atoms. The van der Waals surface area contributed by atoms with Gasteiger partial charge in [-0.25, -0.2) is 0 Å². The monoisotopic (exact) mass is 349 g/mol. The fraction of sp³-hybridized carbons (Fsp3) is 0.450. The van der Waals surface area contributed by atoms with Gasteiger partial charge in [0.25, 0.3) is 0 Å². The van der Waals surface area contributed by atoms with Crippen molar-refractivity contribution in [3.05, 3.63) is 47.8 Å². The highest BCUT2D eigenvalue weighted by atomic mass is 16.3. The molecule has 1 aromatic carbocycles. The molecule has 4 atom stereocenters. The van der Waals surface area contributed by atoms with E-state index in [-0.39, 0.29) is 11.7 Å². The van der Waals surface area contributed by atoms with Crippen LogP contribution in [0, 0.1) is 11.8 Å². The van der Waals surface area contributed by atoms with Gasteiger partial charge in [-0.1, -0.05) is 25.5 Å². The van der Waals surface area contributed by atoms with Crippen molar-refractivity contribution >= 4 is 11.5 Å². The van der Waals surface area contributed by atoms with E-state index in [4.69, 9.17) is 5.10 Å². The molecule has 2 N–H and O–H groups in total. The first-order chi connectivity index (χ1) is 12.7. The molecule has 3 unspecified atom stereocenters. The van der Waals surface area contributed by atoms with Crippen LogP contribution in [0.4, 0.5) is 5.82 Å². The first kappa shape index (κ1) is 15.6. The van der Waals surface area contributed by atoms with E-state index in [1.54, 1.807) is 12.1 Å². The van der Waals surface area contributed by atoms with E-state index in [9.17, 15) is 5.11 Å². The van der Waals surface area contributed by atoms with E-state index in [1.165, 1.54) is 25.7 Å². The van der Waals surface area contributed by atoms with Crippen molar-refractivity contribution < 1.29 is 5.11 Å². The van der Waals surface area contributed by atoms with Crippen LogP contribution in [0.1, 0.15) is 49.9 Å². The van der Waals surface area contributed by atoms with Gasteiger partial charge in [0.05, 0.1) is 0 Å². The van der Waals surface area contributed by atoms with Crippen LogP contribution in [0.15, 0.2) is 36.4 Å². The van der Waals surface area contributed by atoms with Crippen molar-refractivity contribution in [2.45, 2.75) is 44.6 Å². The quantitative estimate of drug-likeness (QED) is 0.753. The summed E-state index contributed by atoms with van der Waals surface area (Å²) in [5, 5.41) is 26.6. The molecule has 2 heterocycles. The number of nitrogens with zero attached hydrogens (tertiary/aromatic N) is 4.